The molecule has 0 radical (unpaired) electrons. The van der Waals surface area contributed by atoms with Crippen LogP contribution < -0.4 is 5.19 Å². The van der Waals surface area contributed by atoms with Gasteiger partial charge in [-0.3, -0.25) is 0 Å². The van der Waals surface area contributed by atoms with Gasteiger partial charge in [0.25, 0.3) is 0 Å². The summed E-state index contributed by atoms with van der Waals surface area (Å²) in [7, 11) is 1.17. The molecule has 0 atom stereocenters. The molecule has 0 aromatic heterocycles. The number of rotatable bonds is 0. The molecule has 0 unspecified atom stereocenters. The third kappa shape index (κ3) is 4.99. The highest BCUT2D eigenvalue weighted by atomic mass is 28.1. The third-order valence-corrected chi connectivity index (χ3v) is 2.27. The predicted octanol–water partition coefficient (Wildman–Crippen LogP) is 1.36. The van der Waals surface area contributed by atoms with Crippen molar-refractivity contribution >= 4 is 15.4 Å². The normalized spacial score (nSPS) is 8.62. The Labute approximate surface area is 82.7 Å². The van der Waals surface area contributed by atoms with Crippen LogP contribution in [0.3, 0.4) is 0 Å². The molecule has 0 amide bonds. The van der Waals surface area contributed by atoms with Crippen molar-refractivity contribution in [3.8, 4) is 0 Å². The summed E-state index contributed by atoms with van der Waals surface area (Å²) in [6, 6.07) is 22.5. The van der Waals surface area contributed by atoms with Gasteiger partial charge in [0.15, 0.2) is 0 Å². The molecule has 2 rings (SSSR count). The molecule has 0 saturated carbocycles. The Hall–Kier alpha value is -1.34. The van der Waals surface area contributed by atoms with E-state index in [1.54, 1.807) is 0 Å². The Morgan fingerprint density at radius 3 is 1.08 bits per heavy atom. The Kier molecular flexibility index (Phi) is 4.65. The molecule has 2 aromatic rings. The quantitative estimate of drug-likeness (QED) is 0.545. The van der Waals surface area contributed by atoms with E-state index in [2.05, 4.69) is 24.3 Å². The fourth-order valence-electron chi connectivity index (χ4n) is 0.919. The van der Waals surface area contributed by atoms with Gasteiger partial charge in [0.1, 0.15) is 0 Å². The fraction of sp³-hybridized carbons (Fsp3) is 0. The van der Waals surface area contributed by atoms with Crippen LogP contribution in [-0.2, 0) is 0 Å². The predicted molar refractivity (Wildman–Crippen MR) is 62.5 cm³/mol. The van der Waals surface area contributed by atoms with Crippen LogP contribution in [0.2, 0.25) is 0 Å². The minimum absolute atomic E-state index is 1.17. The summed E-state index contributed by atoms with van der Waals surface area (Å²) >= 11 is 0. The largest absolute Gasteiger partial charge is 0.0708 e. The van der Waals surface area contributed by atoms with Crippen LogP contribution in [0, 0.1) is 0 Å². The van der Waals surface area contributed by atoms with Gasteiger partial charge in [-0.25, -0.2) is 0 Å². The van der Waals surface area contributed by atoms with Gasteiger partial charge in [0.05, 0.1) is 0 Å². The molecule has 0 fully saturated rings. The highest BCUT2D eigenvalue weighted by molar-refractivity contribution is 6.32. The summed E-state index contributed by atoms with van der Waals surface area (Å²) in [6.45, 7) is 0. The Morgan fingerprint density at radius 2 is 0.846 bits per heavy atom. The zero-order valence-electron chi connectivity index (χ0n) is 7.85. The summed E-state index contributed by atoms with van der Waals surface area (Å²) in [5.41, 5.74) is 0. The first-order chi connectivity index (χ1) is 6.39. The van der Waals surface area contributed by atoms with E-state index >= 15 is 0 Å². The second-order valence-electron chi connectivity index (χ2n) is 2.81. The van der Waals surface area contributed by atoms with Gasteiger partial charge in [0.2, 0.25) is 0 Å². The Morgan fingerprint density at radius 1 is 0.538 bits per heavy atom. The van der Waals surface area contributed by atoms with Gasteiger partial charge >= 0.3 is 0 Å². The van der Waals surface area contributed by atoms with Crippen LogP contribution in [0.25, 0.3) is 0 Å². The molecule has 0 aliphatic carbocycles. The summed E-state index contributed by atoms with van der Waals surface area (Å²) in [5.74, 6) is 0. The van der Waals surface area contributed by atoms with Gasteiger partial charge in [-0.1, -0.05) is 71.9 Å². The lowest BCUT2D eigenvalue weighted by Gasteiger charge is -1.82. The maximum atomic E-state index is 2.15. The summed E-state index contributed by atoms with van der Waals surface area (Å²) in [6.07, 6.45) is 0. The molecule has 13 heavy (non-hydrogen) atoms. The maximum Gasteiger partial charge on any atom is 0.0384 e. The van der Waals surface area contributed by atoms with E-state index in [1.165, 1.54) is 15.4 Å². The molecule has 66 valence electrons. The first kappa shape index (κ1) is 9.74. The van der Waals surface area contributed by atoms with E-state index in [9.17, 15) is 0 Å². The average molecular weight is 186 g/mol. The lowest BCUT2D eigenvalue weighted by molar-refractivity contribution is 1.72. The van der Waals surface area contributed by atoms with Crippen molar-refractivity contribution in [1.29, 1.82) is 0 Å². The number of hydrogen-bond donors (Lipinski definition) is 0. The molecular weight excluding hydrogens is 172 g/mol. The second-order valence-corrected chi connectivity index (χ2v) is 3.96. The molecular formula is C12H14Si. The molecule has 1 heteroatoms. The topological polar surface area (TPSA) is 0 Å². The van der Waals surface area contributed by atoms with Gasteiger partial charge in [-0.05, 0) is 0 Å². The van der Waals surface area contributed by atoms with Gasteiger partial charge in [-0.15, -0.1) is 0 Å². The highest BCUT2D eigenvalue weighted by Gasteiger charge is 1.72. The lowest BCUT2D eigenvalue weighted by Crippen LogP contribution is -1.97. The van der Waals surface area contributed by atoms with Crippen LogP contribution >= 0.6 is 0 Å². The molecule has 0 bridgehead atoms. The van der Waals surface area contributed by atoms with Crippen molar-refractivity contribution in [2.24, 2.45) is 0 Å². The van der Waals surface area contributed by atoms with Crippen LogP contribution in [0.15, 0.2) is 66.7 Å². The summed E-state index contributed by atoms with van der Waals surface area (Å²) < 4.78 is 0. The summed E-state index contributed by atoms with van der Waals surface area (Å²) in [4.78, 5) is 0. The van der Waals surface area contributed by atoms with Crippen molar-refractivity contribution in [2.75, 3.05) is 0 Å². The smallest absolute Gasteiger partial charge is 0.0384 e. The summed E-state index contributed by atoms with van der Waals surface area (Å²) in [5, 5.41) is 1.46. The van der Waals surface area contributed by atoms with E-state index in [0.717, 1.165) is 0 Å². The maximum absolute atomic E-state index is 2.15. The molecule has 0 saturated heterocycles. The zero-order valence-corrected chi connectivity index (χ0v) is 9.85. The first-order valence-electron chi connectivity index (χ1n) is 4.41. The van der Waals surface area contributed by atoms with Crippen LogP contribution in [0.5, 0.6) is 0 Å². The molecule has 0 aliphatic heterocycles. The standard InChI is InChI=1S/C6H8Si.C6H6/c7-6-4-2-1-3-5-6;1-2-4-6-5-3-1/h1-5H,7H3;1-6H. The first-order valence-corrected chi connectivity index (χ1v) is 5.41. The van der Waals surface area contributed by atoms with Crippen LogP contribution in [0.4, 0.5) is 0 Å². The molecule has 0 N–H and O–H groups in total. The van der Waals surface area contributed by atoms with Crippen LogP contribution in [0.1, 0.15) is 0 Å². The van der Waals surface area contributed by atoms with Crippen LogP contribution in [-0.4, -0.2) is 10.2 Å². The van der Waals surface area contributed by atoms with Crippen molar-refractivity contribution in [3.63, 3.8) is 0 Å². The van der Waals surface area contributed by atoms with E-state index in [1.807, 2.05) is 42.5 Å². The minimum Gasteiger partial charge on any atom is -0.0708 e. The number of hydrogen-bond acceptors (Lipinski definition) is 0. The SMILES string of the molecule is [SiH3]c1ccccc1.c1ccccc1. The minimum atomic E-state index is 1.17. The molecule has 0 heterocycles. The van der Waals surface area contributed by atoms with Crippen molar-refractivity contribution in [2.45, 2.75) is 0 Å². The fourth-order valence-corrected chi connectivity index (χ4v) is 1.30. The molecule has 2 aromatic carbocycles. The Bertz CT molecular complexity index is 276. The van der Waals surface area contributed by atoms with Crippen molar-refractivity contribution in [3.05, 3.63) is 66.7 Å². The van der Waals surface area contributed by atoms with Gasteiger partial charge in [-0.2, -0.15) is 0 Å². The van der Waals surface area contributed by atoms with Crippen molar-refractivity contribution in [1.82, 2.24) is 0 Å². The zero-order chi connectivity index (χ0) is 9.36. The third-order valence-electron chi connectivity index (χ3n) is 1.61. The molecule has 0 aliphatic rings. The van der Waals surface area contributed by atoms with Gasteiger partial charge in [0, 0.05) is 10.2 Å². The second kappa shape index (κ2) is 6.20. The molecule has 0 nitrogen and oxygen atoms in total. The number of benzene rings is 2. The molecule has 0 spiro atoms. The van der Waals surface area contributed by atoms with E-state index in [-0.39, 0.29) is 0 Å². The average Bonchev–Trinajstić information content (AvgIpc) is 2.22. The highest BCUT2D eigenvalue weighted by Crippen LogP contribution is 1.80. The van der Waals surface area contributed by atoms with E-state index in [4.69, 9.17) is 0 Å². The van der Waals surface area contributed by atoms with E-state index < -0.39 is 0 Å². The lowest BCUT2D eigenvalue weighted by atomic mass is 10.4. The Balaban J connectivity index is 0.000000132. The van der Waals surface area contributed by atoms with Crippen molar-refractivity contribution < 1.29 is 0 Å². The van der Waals surface area contributed by atoms with E-state index in [0.29, 0.717) is 0 Å². The monoisotopic (exact) mass is 186 g/mol. The van der Waals surface area contributed by atoms with Gasteiger partial charge < -0.3 is 0 Å².